The van der Waals surface area contributed by atoms with Crippen LogP contribution in [0, 0.1) is 60.5 Å². The Labute approximate surface area is 446 Å². The molecule has 15 heteroatoms. The van der Waals surface area contributed by atoms with Crippen LogP contribution in [0.5, 0.6) is 11.5 Å². The second kappa shape index (κ2) is 25.9. The van der Waals surface area contributed by atoms with Gasteiger partial charge < -0.3 is 19.6 Å². The normalized spacial score (nSPS) is 18.4. The summed E-state index contributed by atoms with van der Waals surface area (Å²) in [5.41, 5.74) is 8.08. The van der Waals surface area contributed by atoms with Crippen molar-refractivity contribution >= 4 is 62.8 Å². The number of halogens is 3. The Morgan fingerprint density at radius 3 is 2.29 bits per heavy atom. The highest BCUT2D eigenvalue weighted by atomic mass is 35.5. The van der Waals surface area contributed by atoms with Gasteiger partial charge in [0.15, 0.2) is 5.65 Å². The highest BCUT2D eigenvalue weighted by Crippen LogP contribution is 2.44. The number of unbranched alkanes of at least 4 members (excludes halogenated alkanes) is 1. The van der Waals surface area contributed by atoms with Gasteiger partial charge in [-0.2, -0.15) is 10.1 Å². The standard InChI is InChI=1S/C60H61ClF2N6O5S/c1-5-55(70)73-29-9-28-72-49-24-15-40(16-25-49)14-20-43-21-22-44(32-51(43)61)50-26-17-41(30-47(50)35-64)11-8-7-10-39-12-18-42(19-13-39)46-33-52(62)57(53(63)34-46)45-23-27-54(74-56(71)6-2)48(31-45)36-65-69-60-68-59-58(75-60)37(3)66-38(4)67-59/h5-6,15-16,21-25,27,31-36,39,41-42,47,50,64H,1-2,7-13,17-19,26,28-30H2,3-4H3,(H,66,67,68,69)/b64-35?,65-36+. The lowest BCUT2D eigenvalue weighted by Gasteiger charge is -2.35. The van der Waals surface area contributed by atoms with E-state index in [4.69, 9.17) is 31.2 Å². The Bertz CT molecular complexity index is 3120. The number of esters is 2. The summed E-state index contributed by atoms with van der Waals surface area (Å²) in [5.74, 6) is 7.09. The molecule has 0 bridgehead atoms. The number of hydrogen-bond acceptors (Lipinski definition) is 12. The Balaban J connectivity index is 0.783. The molecule has 0 saturated heterocycles. The molecule has 3 atom stereocenters. The van der Waals surface area contributed by atoms with Crippen LogP contribution in [0.4, 0.5) is 13.9 Å². The van der Waals surface area contributed by atoms with E-state index >= 15 is 8.78 Å². The SMILES string of the molecule is C=CC(=O)OCCCOc1ccc(C#Cc2ccc(C3CCC(CCCCC4CCC(c5cc(F)c(-c6ccc(OC(=O)C=C)c(/C=N/Nc7nc8nc(C)nc(C)c8s7)c6)c(F)c5)CC4)CC3C=N)cc2Cl)cc1. The first-order chi connectivity index (χ1) is 36.4. The lowest BCUT2D eigenvalue weighted by molar-refractivity contribution is -0.138. The largest absolute Gasteiger partial charge is 0.493 e. The van der Waals surface area contributed by atoms with Gasteiger partial charge in [0.1, 0.15) is 29.0 Å². The first kappa shape index (κ1) is 54.2. The summed E-state index contributed by atoms with van der Waals surface area (Å²) in [7, 11) is 0. The molecular weight excluding hydrogens is 990 g/mol. The minimum absolute atomic E-state index is 0.0770. The monoisotopic (exact) mass is 1050 g/mol. The van der Waals surface area contributed by atoms with Crippen LogP contribution in [0.2, 0.25) is 5.02 Å². The maximum absolute atomic E-state index is 16.0. The van der Waals surface area contributed by atoms with Gasteiger partial charge in [-0.05, 0) is 166 Å². The molecule has 75 heavy (non-hydrogen) atoms. The number of nitrogens with zero attached hydrogens (tertiary/aromatic N) is 4. The van der Waals surface area contributed by atoms with E-state index in [1.165, 1.54) is 47.9 Å². The average molecular weight is 1050 g/mol. The Kier molecular flexibility index (Phi) is 18.7. The molecule has 2 saturated carbocycles. The third-order valence-corrected chi connectivity index (χ3v) is 15.6. The first-order valence-electron chi connectivity index (χ1n) is 25.6. The minimum Gasteiger partial charge on any atom is -0.493 e. The van der Waals surface area contributed by atoms with Gasteiger partial charge in [0.05, 0.1) is 40.4 Å². The molecule has 8 rings (SSSR count). The minimum atomic E-state index is -0.687. The summed E-state index contributed by atoms with van der Waals surface area (Å²) in [4.78, 5) is 36.6. The fourth-order valence-corrected chi connectivity index (χ4v) is 11.4. The molecule has 0 radical (unpaired) electrons. The van der Waals surface area contributed by atoms with Gasteiger partial charge in [0.2, 0.25) is 5.13 Å². The highest BCUT2D eigenvalue weighted by Gasteiger charge is 2.31. The van der Waals surface area contributed by atoms with Crippen LogP contribution in [0.15, 0.2) is 103 Å². The summed E-state index contributed by atoms with van der Waals surface area (Å²) in [6.45, 7) is 11.2. The zero-order valence-corrected chi connectivity index (χ0v) is 43.9. The summed E-state index contributed by atoms with van der Waals surface area (Å²) >= 11 is 8.13. The quantitative estimate of drug-likeness (QED) is 0.0145. The van der Waals surface area contributed by atoms with Crippen LogP contribution in [0.25, 0.3) is 21.5 Å². The number of hydrogen-bond donors (Lipinski definition) is 2. The Morgan fingerprint density at radius 2 is 1.57 bits per heavy atom. The molecule has 3 unspecified atom stereocenters. The van der Waals surface area contributed by atoms with Crippen molar-refractivity contribution in [3.8, 4) is 34.5 Å². The van der Waals surface area contributed by atoms with E-state index in [-0.39, 0.29) is 41.2 Å². The van der Waals surface area contributed by atoms with Gasteiger partial charge in [0.25, 0.3) is 0 Å². The van der Waals surface area contributed by atoms with Gasteiger partial charge in [-0.15, -0.1) is 0 Å². The molecule has 0 amide bonds. The zero-order chi connectivity index (χ0) is 52.8. The van der Waals surface area contributed by atoms with Gasteiger partial charge in [-0.3, -0.25) is 5.43 Å². The van der Waals surface area contributed by atoms with Crippen molar-refractivity contribution in [1.29, 1.82) is 5.41 Å². The van der Waals surface area contributed by atoms with Gasteiger partial charge in [-0.25, -0.2) is 28.3 Å². The molecule has 11 nitrogen and oxygen atoms in total. The number of aromatic nitrogens is 3. The van der Waals surface area contributed by atoms with Crippen molar-refractivity contribution in [3.05, 3.63) is 154 Å². The van der Waals surface area contributed by atoms with Crippen molar-refractivity contribution in [3.63, 3.8) is 0 Å². The fourth-order valence-electron chi connectivity index (χ4n) is 10.4. The molecule has 4 aromatic carbocycles. The maximum Gasteiger partial charge on any atom is 0.335 e. The zero-order valence-electron chi connectivity index (χ0n) is 42.3. The topological polar surface area (TPSA) is 149 Å². The number of anilines is 1. The van der Waals surface area contributed by atoms with E-state index in [0.717, 1.165) is 110 Å². The van der Waals surface area contributed by atoms with E-state index in [1.54, 1.807) is 13.1 Å². The maximum atomic E-state index is 16.0. The Hall–Kier alpha value is -7.08. The highest BCUT2D eigenvalue weighted by molar-refractivity contribution is 7.22. The van der Waals surface area contributed by atoms with Crippen LogP contribution in [0.1, 0.15) is 128 Å². The van der Waals surface area contributed by atoms with E-state index in [9.17, 15) is 9.59 Å². The number of hydrazone groups is 1. The van der Waals surface area contributed by atoms with E-state index in [2.05, 4.69) is 56.5 Å². The third-order valence-electron chi connectivity index (χ3n) is 14.2. The second-order valence-corrected chi connectivity index (χ2v) is 20.7. The smallest absolute Gasteiger partial charge is 0.335 e. The molecule has 2 aliphatic rings. The number of nitrogens with one attached hydrogen (secondary N) is 2. The number of rotatable bonds is 20. The number of benzene rings is 4. The molecule has 0 aliphatic heterocycles. The van der Waals surface area contributed by atoms with Crippen molar-refractivity contribution < 1.29 is 32.6 Å². The van der Waals surface area contributed by atoms with Crippen LogP contribution >= 0.6 is 22.9 Å². The van der Waals surface area contributed by atoms with Crippen LogP contribution in [0.3, 0.4) is 0 Å². The van der Waals surface area contributed by atoms with E-state index < -0.39 is 23.6 Å². The summed E-state index contributed by atoms with van der Waals surface area (Å²) in [5, 5.41) is 13.7. The lowest BCUT2D eigenvalue weighted by atomic mass is 9.70. The second-order valence-electron chi connectivity index (χ2n) is 19.3. The summed E-state index contributed by atoms with van der Waals surface area (Å²) in [6, 6.07) is 21.1. The number of aryl methyl sites for hydroxylation is 2. The van der Waals surface area contributed by atoms with Crippen LogP contribution in [-0.2, 0) is 14.3 Å². The molecule has 2 heterocycles. The van der Waals surface area contributed by atoms with Crippen molar-refractivity contribution in [1.82, 2.24) is 15.0 Å². The first-order valence-corrected chi connectivity index (χ1v) is 26.8. The van der Waals surface area contributed by atoms with E-state index in [1.807, 2.05) is 43.3 Å². The van der Waals surface area contributed by atoms with Crippen molar-refractivity contribution in [2.24, 2.45) is 22.9 Å². The van der Waals surface area contributed by atoms with Gasteiger partial charge in [0, 0.05) is 41.2 Å². The fraction of sp³-hybridized carbons (Fsp3) is 0.350. The molecule has 0 spiro atoms. The van der Waals surface area contributed by atoms with Crippen LogP contribution in [-0.4, -0.2) is 52.5 Å². The van der Waals surface area contributed by atoms with Crippen LogP contribution < -0.4 is 14.9 Å². The number of carbonyl (C=O) groups is 2. The molecule has 2 N–H and O–H groups in total. The molecular formula is C60H61ClF2N6O5S. The number of fused-ring (bicyclic) bond motifs is 1. The molecule has 388 valence electrons. The third kappa shape index (κ3) is 14.4. The van der Waals surface area contributed by atoms with E-state index in [0.29, 0.717) is 63.4 Å². The average Bonchev–Trinajstić information content (AvgIpc) is 3.83. The predicted molar refractivity (Wildman–Crippen MR) is 294 cm³/mol. The molecule has 2 fully saturated rings. The predicted octanol–water partition coefficient (Wildman–Crippen LogP) is 14.4. The molecule has 2 aliphatic carbocycles. The molecule has 2 aromatic heterocycles. The summed E-state index contributed by atoms with van der Waals surface area (Å²) in [6.07, 6.45) is 17.4. The number of thiazole rings is 1. The molecule has 6 aromatic rings. The summed E-state index contributed by atoms with van der Waals surface area (Å²) < 4.78 is 49.0. The van der Waals surface area contributed by atoms with Gasteiger partial charge in [-0.1, -0.05) is 85.8 Å². The van der Waals surface area contributed by atoms with Crippen molar-refractivity contribution in [2.75, 3.05) is 18.6 Å². The van der Waals surface area contributed by atoms with Crippen molar-refractivity contribution in [2.45, 2.75) is 103 Å². The Morgan fingerprint density at radius 1 is 0.840 bits per heavy atom. The number of ether oxygens (including phenoxy) is 3. The van der Waals surface area contributed by atoms with Gasteiger partial charge >= 0.3 is 11.9 Å². The lowest BCUT2D eigenvalue weighted by Crippen LogP contribution is -2.24. The number of carbonyl (C=O) groups excluding carboxylic acids is 2.